The van der Waals surface area contributed by atoms with Gasteiger partial charge in [0.2, 0.25) is 0 Å². The monoisotopic (exact) mass is 539 g/mol. The topological polar surface area (TPSA) is 131 Å². The van der Waals surface area contributed by atoms with Gasteiger partial charge in [0.1, 0.15) is 11.5 Å². The molecular weight excluding hydrogens is 501 g/mol. The van der Waals surface area contributed by atoms with Crippen LogP contribution in [0.2, 0.25) is 0 Å². The molecule has 4 rings (SSSR count). The molecule has 0 aliphatic carbocycles. The summed E-state index contributed by atoms with van der Waals surface area (Å²) in [6.45, 7) is 8.12. The van der Waals surface area contributed by atoms with Crippen molar-refractivity contribution >= 4 is 23.1 Å². The molecule has 5 N–H and O–H groups in total. The van der Waals surface area contributed by atoms with E-state index in [1.807, 2.05) is 13.0 Å². The Kier molecular flexibility index (Phi) is 10.4. The minimum atomic E-state index is -0.504. The lowest BCUT2D eigenvalue weighted by atomic mass is 9.91. The lowest BCUT2D eigenvalue weighted by Crippen LogP contribution is -2.37. The number of carbonyl (C=O) groups excluding carboxylic acids is 2. The number of H-pyrrole nitrogens is 1. The number of para-hydroxylation sites is 1. The number of halogens is 1. The number of hydrogen-bond acceptors (Lipinski definition) is 7. The van der Waals surface area contributed by atoms with Gasteiger partial charge in [-0.05, 0) is 51.8 Å². The number of anilines is 2. The standard InChI is InChI=1S/C26H32FN5O3.C3H6O/c1-4-5-11-35-20-14-29-10-9-17(20)23-24(31-19-8-6-7-18(27)25(19)34-3)21-22(32-23)16(12-15(2)28)13-30-26(21)33;1-3(2)4/h6-10,14-16,31-32H,4-5,11-13,28H2,1-3H3,(H,30,33);1-2H3/t15?,16-;/m1./s1. The number of benzene rings is 1. The van der Waals surface area contributed by atoms with Crippen LogP contribution >= 0.6 is 0 Å². The van der Waals surface area contributed by atoms with E-state index in [0.717, 1.165) is 24.1 Å². The van der Waals surface area contributed by atoms with Crippen LogP contribution in [0.3, 0.4) is 0 Å². The largest absolute Gasteiger partial charge is 0.492 e. The molecule has 3 aromatic rings. The van der Waals surface area contributed by atoms with Crippen molar-refractivity contribution in [3.8, 4) is 22.8 Å². The second kappa shape index (κ2) is 13.7. The van der Waals surface area contributed by atoms with Gasteiger partial charge < -0.3 is 35.6 Å². The number of unbranched alkanes of at least 4 members (excludes halogenated alkanes) is 1. The maximum Gasteiger partial charge on any atom is 0.255 e. The molecule has 210 valence electrons. The van der Waals surface area contributed by atoms with Crippen molar-refractivity contribution in [2.24, 2.45) is 5.73 Å². The predicted octanol–water partition coefficient (Wildman–Crippen LogP) is 5.31. The Balaban J connectivity index is 0.000000983. The van der Waals surface area contributed by atoms with Gasteiger partial charge in [0.05, 0.1) is 42.5 Å². The molecule has 10 heteroatoms. The van der Waals surface area contributed by atoms with E-state index in [-0.39, 0.29) is 29.4 Å². The number of amides is 1. The highest BCUT2D eigenvalue weighted by atomic mass is 19.1. The fraction of sp³-hybridized carbons (Fsp3) is 0.414. The number of nitrogens with one attached hydrogen (secondary N) is 3. The smallest absolute Gasteiger partial charge is 0.255 e. The lowest BCUT2D eigenvalue weighted by molar-refractivity contribution is -0.115. The van der Waals surface area contributed by atoms with Gasteiger partial charge in [0.15, 0.2) is 11.6 Å². The summed E-state index contributed by atoms with van der Waals surface area (Å²) in [6, 6.07) is 6.40. The molecule has 0 saturated carbocycles. The average molecular weight is 540 g/mol. The van der Waals surface area contributed by atoms with Gasteiger partial charge in [0, 0.05) is 36.0 Å². The van der Waals surface area contributed by atoms with E-state index in [2.05, 4.69) is 27.5 Å². The number of methoxy groups -OCH3 is 1. The average Bonchev–Trinajstić information content (AvgIpc) is 3.26. The normalized spacial score (nSPS) is 14.8. The van der Waals surface area contributed by atoms with Crippen molar-refractivity contribution < 1.29 is 23.5 Å². The second-order valence-corrected chi connectivity index (χ2v) is 9.71. The van der Waals surface area contributed by atoms with Crippen LogP contribution in [-0.2, 0) is 4.79 Å². The first-order valence-electron chi connectivity index (χ1n) is 13.1. The Morgan fingerprint density at radius 2 is 2.05 bits per heavy atom. The van der Waals surface area contributed by atoms with Crippen molar-refractivity contribution in [1.82, 2.24) is 15.3 Å². The highest BCUT2D eigenvalue weighted by molar-refractivity contribution is 6.07. The third-order valence-corrected chi connectivity index (χ3v) is 6.07. The Hall–Kier alpha value is -3.92. The quantitative estimate of drug-likeness (QED) is 0.257. The molecule has 9 nitrogen and oxygen atoms in total. The lowest BCUT2D eigenvalue weighted by Gasteiger charge is -2.25. The number of fused-ring (bicyclic) bond motifs is 1. The van der Waals surface area contributed by atoms with Crippen LogP contribution in [0.25, 0.3) is 11.3 Å². The highest BCUT2D eigenvalue weighted by Gasteiger charge is 2.34. The number of carbonyl (C=O) groups is 2. The van der Waals surface area contributed by atoms with Gasteiger partial charge >= 0.3 is 0 Å². The molecule has 0 fully saturated rings. The Bertz CT molecular complexity index is 1290. The van der Waals surface area contributed by atoms with Gasteiger partial charge in [-0.15, -0.1) is 0 Å². The van der Waals surface area contributed by atoms with E-state index in [9.17, 15) is 14.0 Å². The van der Waals surface area contributed by atoms with E-state index in [1.54, 1.807) is 24.5 Å². The first-order valence-corrected chi connectivity index (χ1v) is 13.1. The summed E-state index contributed by atoms with van der Waals surface area (Å²) in [7, 11) is 1.41. The Morgan fingerprint density at radius 1 is 1.31 bits per heavy atom. The third-order valence-electron chi connectivity index (χ3n) is 6.07. The van der Waals surface area contributed by atoms with Crippen molar-refractivity contribution in [3.05, 3.63) is 53.7 Å². The molecule has 0 saturated heterocycles. The molecule has 1 aromatic carbocycles. The third kappa shape index (κ3) is 7.35. The molecule has 1 aliphatic heterocycles. The van der Waals surface area contributed by atoms with E-state index in [1.165, 1.54) is 27.0 Å². The summed E-state index contributed by atoms with van der Waals surface area (Å²) in [5.74, 6) is 0.0978. The fourth-order valence-corrected chi connectivity index (χ4v) is 4.42. The van der Waals surface area contributed by atoms with Crippen LogP contribution in [0, 0.1) is 5.82 Å². The van der Waals surface area contributed by atoms with E-state index >= 15 is 0 Å². The molecule has 0 spiro atoms. The number of hydrogen-bond donors (Lipinski definition) is 4. The minimum absolute atomic E-state index is 0.00213. The molecule has 2 atom stereocenters. The zero-order valence-corrected chi connectivity index (χ0v) is 23.2. The zero-order valence-electron chi connectivity index (χ0n) is 23.2. The zero-order chi connectivity index (χ0) is 28.5. The number of ketones is 1. The fourth-order valence-electron chi connectivity index (χ4n) is 4.42. The van der Waals surface area contributed by atoms with E-state index in [0.29, 0.717) is 48.0 Å². The maximum atomic E-state index is 14.5. The number of rotatable bonds is 10. The van der Waals surface area contributed by atoms with Crippen LogP contribution in [0.4, 0.5) is 15.8 Å². The van der Waals surface area contributed by atoms with Crippen LogP contribution in [0.5, 0.6) is 11.5 Å². The molecule has 1 unspecified atom stereocenters. The SMILES string of the molecule is CC(C)=O.CCCCOc1cnccc1-c1[nH]c2c(c1Nc1cccc(F)c1OC)C(=O)NC[C@H]2CC(C)N. The number of Topliss-reactive ketones (excluding diaryl/α,β-unsaturated/α-hetero) is 1. The van der Waals surface area contributed by atoms with Crippen molar-refractivity contribution in [3.63, 3.8) is 0 Å². The summed E-state index contributed by atoms with van der Waals surface area (Å²) in [5.41, 5.74) is 9.69. The molecule has 0 radical (unpaired) electrons. The van der Waals surface area contributed by atoms with Gasteiger partial charge in [-0.3, -0.25) is 9.78 Å². The predicted molar refractivity (Wildman–Crippen MR) is 150 cm³/mol. The molecule has 1 amide bonds. The van der Waals surface area contributed by atoms with Crippen LogP contribution in [0.1, 0.15) is 68.9 Å². The summed E-state index contributed by atoms with van der Waals surface area (Å²) in [6.07, 6.45) is 5.93. The van der Waals surface area contributed by atoms with Gasteiger partial charge in [0.25, 0.3) is 5.91 Å². The number of aromatic nitrogens is 2. The minimum Gasteiger partial charge on any atom is -0.492 e. The number of ether oxygens (including phenoxy) is 2. The first kappa shape index (κ1) is 29.6. The number of pyridine rings is 1. The molecule has 2 aromatic heterocycles. The highest BCUT2D eigenvalue weighted by Crippen LogP contribution is 2.44. The first-order chi connectivity index (χ1) is 18.7. The Labute approximate surface area is 228 Å². The number of nitrogens with zero attached hydrogens (tertiary/aromatic N) is 1. The van der Waals surface area contributed by atoms with Gasteiger partial charge in [-0.2, -0.15) is 0 Å². The summed E-state index contributed by atoms with van der Waals surface area (Å²) < 4.78 is 25.8. The van der Waals surface area contributed by atoms with Gasteiger partial charge in [-0.25, -0.2) is 4.39 Å². The Morgan fingerprint density at radius 3 is 2.72 bits per heavy atom. The molecule has 3 heterocycles. The number of aromatic amines is 1. The van der Waals surface area contributed by atoms with E-state index in [4.69, 9.17) is 15.2 Å². The van der Waals surface area contributed by atoms with Crippen molar-refractivity contribution in [2.45, 2.75) is 58.9 Å². The molecule has 1 aliphatic rings. The molecular formula is C29H38FN5O4. The molecule has 39 heavy (non-hydrogen) atoms. The number of nitrogens with two attached hydrogens (primary N) is 1. The second-order valence-electron chi connectivity index (χ2n) is 9.71. The van der Waals surface area contributed by atoms with Crippen LogP contribution < -0.4 is 25.8 Å². The van der Waals surface area contributed by atoms with Crippen molar-refractivity contribution in [1.29, 1.82) is 0 Å². The van der Waals surface area contributed by atoms with E-state index < -0.39 is 5.82 Å². The molecule has 0 bridgehead atoms. The summed E-state index contributed by atoms with van der Waals surface area (Å²) in [4.78, 5) is 30.3. The van der Waals surface area contributed by atoms with Crippen LogP contribution in [0.15, 0.2) is 36.7 Å². The van der Waals surface area contributed by atoms with Crippen molar-refractivity contribution in [2.75, 3.05) is 25.6 Å². The van der Waals surface area contributed by atoms with Gasteiger partial charge in [-0.1, -0.05) is 19.4 Å². The maximum absolute atomic E-state index is 14.5. The van der Waals surface area contributed by atoms with Crippen LogP contribution in [-0.4, -0.2) is 48.0 Å². The summed E-state index contributed by atoms with van der Waals surface area (Å²) >= 11 is 0. The summed E-state index contributed by atoms with van der Waals surface area (Å²) in [5, 5.41) is 6.25.